The van der Waals surface area contributed by atoms with E-state index in [0.717, 1.165) is 19.3 Å². The molecule has 3 atom stereocenters. The normalized spacial score (nSPS) is 28.6. The highest BCUT2D eigenvalue weighted by atomic mass is 16.6. The predicted octanol–water partition coefficient (Wildman–Crippen LogP) is 3.07. The summed E-state index contributed by atoms with van der Waals surface area (Å²) in [5.41, 5.74) is 4.40. The Bertz CT molecular complexity index is 453. The second-order valence-electron chi connectivity index (χ2n) is 8.49. The minimum atomic E-state index is -0.608. The highest BCUT2D eigenvalue weighted by molar-refractivity contribution is 5.80. The van der Waals surface area contributed by atoms with Gasteiger partial charge in [-0.1, -0.05) is 20.3 Å². The van der Waals surface area contributed by atoms with Crippen LogP contribution in [0, 0.1) is 11.3 Å². The van der Waals surface area contributed by atoms with Gasteiger partial charge in [-0.15, -0.1) is 0 Å². The van der Waals surface area contributed by atoms with Gasteiger partial charge in [-0.25, -0.2) is 4.79 Å². The number of hydrogen-bond donors (Lipinski definition) is 1. The molecule has 1 saturated carbocycles. The van der Waals surface area contributed by atoms with E-state index >= 15 is 0 Å². The van der Waals surface area contributed by atoms with Crippen molar-refractivity contribution in [1.29, 1.82) is 0 Å². The Balaban J connectivity index is 2.17. The van der Waals surface area contributed by atoms with E-state index in [-0.39, 0.29) is 24.1 Å². The molecule has 1 heterocycles. The van der Waals surface area contributed by atoms with Crippen LogP contribution >= 0.6 is 0 Å². The lowest BCUT2D eigenvalue weighted by Gasteiger charge is -2.35. The van der Waals surface area contributed by atoms with Crippen LogP contribution in [0.4, 0.5) is 4.79 Å². The van der Waals surface area contributed by atoms with Gasteiger partial charge in [0, 0.05) is 17.5 Å². The first-order chi connectivity index (χ1) is 10.0. The standard InChI is InChI=1S/C17H30N2O3/c1-16(2,3)22-15(21)19-12(10-17(4,5)14(18)20)9-11-7-6-8-13(11)19/h11-13H,6-10H2,1-5H3,(H2,18,20)/t11-,12-,13-/m0/s1. The van der Waals surface area contributed by atoms with E-state index in [2.05, 4.69) is 0 Å². The number of carbonyl (C=O) groups is 2. The molecule has 5 heteroatoms. The van der Waals surface area contributed by atoms with E-state index in [4.69, 9.17) is 10.5 Å². The van der Waals surface area contributed by atoms with E-state index in [1.807, 2.05) is 39.5 Å². The van der Waals surface area contributed by atoms with Gasteiger partial charge in [0.2, 0.25) is 5.91 Å². The van der Waals surface area contributed by atoms with Crippen LogP contribution in [0.25, 0.3) is 0 Å². The van der Waals surface area contributed by atoms with Gasteiger partial charge in [-0.2, -0.15) is 0 Å². The smallest absolute Gasteiger partial charge is 0.410 e. The topological polar surface area (TPSA) is 72.6 Å². The van der Waals surface area contributed by atoms with Crippen molar-refractivity contribution < 1.29 is 14.3 Å². The Labute approximate surface area is 133 Å². The van der Waals surface area contributed by atoms with E-state index in [1.54, 1.807) is 0 Å². The maximum Gasteiger partial charge on any atom is 0.410 e. The van der Waals surface area contributed by atoms with Gasteiger partial charge in [0.15, 0.2) is 0 Å². The number of ether oxygens (including phenoxy) is 1. The van der Waals surface area contributed by atoms with Crippen molar-refractivity contribution in [2.24, 2.45) is 17.1 Å². The van der Waals surface area contributed by atoms with Crippen LogP contribution in [-0.4, -0.2) is 34.6 Å². The highest BCUT2D eigenvalue weighted by Gasteiger charge is 2.49. The van der Waals surface area contributed by atoms with Gasteiger partial charge >= 0.3 is 6.09 Å². The Morgan fingerprint density at radius 1 is 1.18 bits per heavy atom. The highest BCUT2D eigenvalue weighted by Crippen LogP contribution is 2.44. The van der Waals surface area contributed by atoms with E-state index in [9.17, 15) is 9.59 Å². The minimum Gasteiger partial charge on any atom is -0.444 e. The third kappa shape index (κ3) is 3.55. The largest absolute Gasteiger partial charge is 0.444 e. The fourth-order valence-electron chi connectivity index (χ4n) is 3.86. The number of nitrogens with two attached hydrogens (primary N) is 1. The summed E-state index contributed by atoms with van der Waals surface area (Å²) in [6, 6.07) is 0.316. The molecule has 2 rings (SSSR count). The molecule has 0 radical (unpaired) electrons. The average molecular weight is 310 g/mol. The molecule has 1 saturated heterocycles. The number of hydrogen-bond acceptors (Lipinski definition) is 3. The number of primary amides is 1. The first-order valence-electron chi connectivity index (χ1n) is 8.32. The van der Waals surface area contributed by atoms with Crippen LogP contribution in [0.1, 0.15) is 66.7 Å². The first-order valence-corrected chi connectivity index (χ1v) is 8.32. The zero-order valence-corrected chi connectivity index (χ0v) is 14.5. The Morgan fingerprint density at radius 2 is 1.82 bits per heavy atom. The molecule has 126 valence electrons. The molecule has 1 aliphatic carbocycles. The van der Waals surface area contributed by atoms with E-state index < -0.39 is 11.0 Å². The maximum absolute atomic E-state index is 12.7. The minimum absolute atomic E-state index is 0.0487. The van der Waals surface area contributed by atoms with Crippen LogP contribution in [0.5, 0.6) is 0 Å². The molecule has 2 amide bonds. The summed E-state index contributed by atoms with van der Waals surface area (Å²) >= 11 is 0. The van der Waals surface area contributed by atoms with Crippen molar-refractivity contribution in [2.75, 3.05) is 0 Å². The molecule has 0 aromatic carbocycles. The monoisotopic (exact) mass is 310 g/mol. The molecule has 0 bridgehead atoms. The first kappa shape index (κ1) is 17.1. The zero-order chi connectivity index (χ0) is 16.7. The van der Waals surface area contributed by atoms with Gasteiger partial charge in [0.25, 0.3) is 0 Å². The molecule has 5 nitrogen and oxygen atoms in total. The van der Waals surface area contributed by atoms with Crippen molar-refractivity contribution in [3.05, 3.63) is 0 Å². The van der Waals surface area contributed by atoms with Crippen molar-refractivity contribution in [2.45, 2.75) is 84.4 Å². The van der Waals surface area contributed by atoms with Crippen molar-refractivity contribution in [3.8, 4) is 0 Å². The van der Waals surface area contributed by atoms with Gasteiger partial charge < -0.3 is 15.4 Å². The quantitative estimate of drug-likeness (QED) is 0.870. The molecule has 2 N–H and O–H groups in total. The SMILES string of the molecule is CC(C)(C)OC(=O)N1[C@H](CC(C)(C)C(N)=O)C[C@@H]2CCC[C@@H]21. The van der Waals surface area contributed by atoms with Crippen LogP contribution in [0.3, 0.4) is 0 Å². The van der Waals surface area contributed by atoms with Gasteiger partial charge in [-0.05, 0) is 52.4 Å². The maximum atomic E-state index is 12.7. The Hall–Kier alpha value is -1.26. The average Bonchev–Trinajstić information content (AvgIpc) is 2.84. The van der Waals surface area contributed by atoms with Crippen molar-refractivity contribution >= 4 is 12.0 Å². The van der Waals surface area contributed by atoms with Crippen LogP contribution < -0.4 is 5.73 Å². The summed E-state index contributed by atoms with van der Waals surface area (Å²) in [5.74, 6) is 0.231. The fraction of sp³-hybridized carbons (Fsp3) is 0.882. The molecule has 2 fully saturated rings. The summed E-state index contributed by atoms with van der Waals surface area (Å²) in [5, 5.41) is 0. The second-order valence-corrected chi connectivity index (χ2v) is 8.49. The van der Waals surface area contributed by atoms with E-state index in [0.29, 0.717) is 12.3 Å². The predicted molar refractivity (Wildman–Crippen MR) is 85.2 cm³/mol. The molecule has 1 aliphatic heterocycles. The van der Waals surface area contributed by atoms with Gasteiger partial charge in [-0.3, -0.25) is 4.79 Å². The summed E-state index contributed by atoms with van der Waals surface area (Å²) in [6.07, 6.45) is 4.69. The zero-order valence-electron chi connectivity index (χ0n) is 14.5. The summed E-state index contributed by atoms with van der Waals surface area (Å²) in [6.45, 7) is 9.37. The molecule has 2 aliphatic rings. The summed E-state index contributed by atoms with van der Waals surface area (Å²) in [4.78, 5) is 26.2. The Morgan fingerprint density at radius 3 is 2.36 bits per heavy atom. The summed E-state index contributed by atoms with van der Waals surface area (Å²) < 4.78 is 5.61. The number of rotatable bonds is 3. The molecule has 0 spiro atoms. The number of carbonyl (C=O) groups excluding carboxylic acids is 2. The lowest BCUT2D eigenvalue weighted by atomic mass is 9.83. The Kier molecular flexibility index (Phi) is 4.46. The van der Waals surface area contributed by atoms with Gasteiger partial charge in [0.05, 0.1) is 0 Å². The molecular formula is C17H30N2O3. The number of amides is 2. The van der Waals surface area contributed by atoms with Crippen molar-refractivity contribution in [3.63, 3.8) is 0 Å². The molecule has 0 unspecified atom stereocenters. The lowest BCUT2D eigenvalue weighted by Crippen LogP contribution is -2.47. The number of nitrogens with zero attached hydrogens (tertiary/aromatic N) is 1. The van der Waals surface area contributed by atoms with E-state index in [1.165, 1.54) is 6.42 Å². The van der Waals surface area contributed by atoms with Crippen LogP contribution in [-0.2, 0) is 9.53 Å². The van der Waals surface area contributed by atoms with Crippen LogP contribution in [0.15, 0.2) is 0 Å². The van der Waals surface area contributed by atoms with Gasteiger partial charge in [0.1, 0.15) is 5.60 Å². The number of fused-ring (bicyclic) bond motifs is 1. The molecule has 0 aromatic rings. The molecular weight excluding hydrogens is 280 g/mol. The number of likely N-dealkylation sites (tertiary alicyclic amines) is 1. The third-order valence-electron chi connectivity index (χ3n) is 4.96. The molecule has 0 aromatic heterocycles. The summed E-state index contributed by atoms with van der Waals surface area (Å²) in [7, 11) is 0. The third-order valence-corrected chi connectivity index (χ3v) is 4.96. The fourth-order valence-corrected chi connectivity index (χ4v) is 3.86. The van der Waals surface area contributed by atoms with Crippen molar-refractivity contribution in [1.82, 2.24) is 4.90 Å². The lowest BCUT2D eigenvalue weighted by molar-refractivity contribution is -0.127. The second kappa shape index (κ2) is 5.74. The molecule has 22 heavy (non-hydrogen) atoms. The van der Waals surface area contributed by atoms with Crippen LogP contribution in [0.2, 0.25) is 0 Å².